The molecular formula is C13H6ClF3N2S. The number of imidazole rings is 1. The summed E-state index contributed by atoms with van der Waals surface area (Å²) in [4.78, 5) is 2.65. The lowest BCUT2D eigenvalue weighted by Gasteiger charge is -2.08. The van der Waals surface area contributed by atoms with Gasteiger partial charge >= 0.3 is 0 Å². The molecule has 0 saturated heterocycles. The van der Waals surface area contributed by atoms with Gasteiger partial charge in [0.15, 0.2) is 10.6 Å². The van der Waals surface area contributed by atoms with E-state index in [1.807, 2.05) is 0 Å². The Hall–Kier alpha value is -1.79. The van der Waals surface area contributed by atoms with Crippen molar-refractivity contribution < 1.29 is 13.2 Å². The third kappa shape index (κ3) is 1.92. The maximum absolute atomic E-state index is 14.0. The number of aromatic amines is 1. The van der Waals surface area contributed by atoms with Crippen LogP contribution in [0.4, 0.5) is 13.2 Å². The summed E-state index contributed by atoms with van der Waals surface area (Å²) >= 11 is 11.0. The van der Waals surface area contributed by atoms with Crippen LogP contribution in [0.2, 0.25) is 5.02 Å². The number of nitrogens with zero attached hydrogens (tertiary/aromatic N) is 1. The van der Waals surface area contributed by atoms with Gasteiger partial charge in [0.25, 0.3) is 0 Å². The summed E-state index contributed by atoms with van der Waals surface area (Å²) in [6.45, 7) is 0. The van der Waals surface area contributed by atoms with Crippen LogP contribution in [0.25, 0.3) is 16.7 Å². The third-order valence-corrected chi connectivity index (χ3v) is 3.45. The summed E-state index contributed by atoms with van der Waals surface area (Å²) < 4.78 is 42.1. The van der Waals surface area contributed by atoms with E-state index in [-0.39, 0.29) is 21.0 Å². The first-order valence-electron chi connectivity index (χ1n) is 5.53. The molecular weight excluding hydrogens is 309 g/mol. The monoisotopic (exact) mass is 314 g/mol. The Morgan fingerprint density at radius 2 is 1.85 bits per heavy atom. The van der Waals surface area contributed by atoms with Gasteiger partial charge in [-0.15, -0.1) is 0 Å². The highest BCUT2D eigenvalue weighted by Crippen LogP contribution is 2.29. The molecule has 0 atom stereocenters. The SMILES string of the molecule is Fc1cc(F)c(-n2c(=S)[nH]c3c(F)cccc32)c(Cl)c1. The van der Waals surface area contributed by atoms with Crippen LogP contribution < -0.4 is 0 Å². The van der Waals surface area contributed by atoms with Crippen molar-refractivity contribution in [1.29, 1.82) is 0 Å². The van der Waals surface area contributed by atoms with Crippen molar-refractivity contribution in [1.82, 2.24) is 9.55 Å². The molecule has 1 aromatic heterocycles. The van der Waals surface area contributed by atoms with E-state index in [1.165, 1.54) is 16.7 Å². The fraction of sp³-hybridized carbons (Fsp3) is 0. The van der Waals surface area contributed by atoms with Crippen molar-refractivity contribution in [3.05, 3.63) is 57.6 Å². The first kappa shape index (κ1) is 13.2. The number of hydrogen-bond acceptors (Lipinski definition) is 1. The summed E-state index contributed by atoms with van der Waals surface area (Å²) in [7, 11) is 0. The van der Waals surface area contributed by atoms with Crippen LogP contribution in [0.1, 0.15) is 0 Å². The predicted molar refractivity (Wildman–Crippen MR) is 73.3 cm³/mol. The highest BCUT2D eigenvalue weighted by molar-refractivity contribution is 7.71. The maximum Gasteiger partial charge on any atom is 0.182 e. The number of halogens is 4. The topological polar surface area (TPSA) is 20.7 Å². The average molecular weight is 315 g/mol. The molecule has 0 radical (unpaired) electrons. The standard InChI is InChI=1S/C13H6ClF3N2S/c14-7-4-6(15)5-9(17)12(7)19-10-3-1-2-8(16)11(10)18-13(19)20/h1-5H,(H,18,20). The van der Waals surface area contributed by atoms with Gasteiger partial charge < -0.3 is 4.98 Å². The molecule has 7 heteroatoms. The highest BCUT2D eigenvalue weighted by Gasteiger charge is 2.17. The molecule has 0 saturated carbocycles. The third-order valence-electron chi connectivity index (χ3n) is 2.87. The quantitative estimate of drug-likeness (QED) is 0.642. The Kier molecular flexibility index (Phi) is 3.07. The molecule has 0 aliphatic rings. The van der Waals surface area contributed by atoms with Crippen molar-refractivity contribution in [2.75, 3.05) is 0 Å². The number of aromatic nitrogens is 2. The lowest BCUT2D eigenvalue weighted by atomic mass is 10.2. The molecule has 20 heavy (non-hydrogen) atoms. The Morgan fingerprint density at radius 1 is 1.10 bits per heavy atom. The number of nitrogens with one attached hydrogen (secondary N) is 1. The van der Waals surface area contributed by atoms with E-state index in [0.29, 0.717) is 11.6 Å². The largest absolute Gasteiger partial charge is 0.328 e. The second-order valence-corrected chi connectivity index (χ2v) is 4.91. The summed E-state index contributed by atoms with van der Waals surface area (Å²) in [5.74, 6) is -2.20. The first-order valence-corrected chi connectivity index (χ1v) is 6.32. The minimum Gasteiger partial charge on any atom is -0.328 e. The minimum absolute atomic E-state index is 0.0671. The van der Waals surface area contributed by atoms with Gasteiger partial charge in [0.2, 0.25) is 0 Å². The Bertz CT molecular complexity index is 862. The Morgan fingerprint density at radius 3 is 2.55 bits per heavy atom. The van der Waals surface area contributed by atoms with Gasteiger partial charge in [0.05, 0.1) is 10.5 Å². The van der Waals surface area contributed by atoms with Gasteiger partial charge in [-0.3, -0.25) is 4.57 Å². The molecule has 0 amide bonds. The summed E-state index contributed by atoms with van der Waals surface area (Å²) in [6.07, 6.45) is 0. The van der Waals surface area contributed by atoms with Crippen molar-refractivity contribution in [3.8, 4) is 5.69 Å². The summed E-state index contributed by atoms with van der Waals surface area (Å²) in [5, 5.41) is -0.149. The highest BCUT2D eigenvalue weighted by atomic mass is 35.5. The number of hydrogen-bond donors (Lipinski definition) is 1. The lowest BCUT2D eigenvalue weighted by Crippen LogP contribution is -2.00. The number of para-hydroxylation sites is 1. The average Bonchev–Trinajstić information content (AvgIpc) is 2.67. The van der Waals surface area contributed by atoms with Gasteiger partial charge in [-0.1, -0.05) is 17.7 Å². The van der Waals surface area contributed by atoms with E-state index in [2.05, 4.69) is 4.98 Å². The molecule has 0 fully saturated rings. The van der Waals surface area contributed by atoms with Crippen LogP contribution >= 0.6 is 23.8 Å². The maximum atomic E-state index is 14.0. The molecule has 0 aliphatic heterocycles. The van der Waals surface area contributed by atoms with Gasteiger partial charge in [0, 0.05) is 6.07 Å². The molecule has 0 spiro atoms. The van der Waals surface area contributed by atoms with E-state index < -0.39 is 17.5 Å². The Balaban J connectivity index is 2.45. The number of rotatable bonds is 1. The number of H-pyrrole nitrogens is 1. The summed E-state index contributed by atoms with van der Waals surface area (Å²) in [5.41, 5.74) is 0.342. The van der Waals surface area contributed by atoms with E-state index in [4.69, 9.17) is 23.8 Å². The minimum atomic E-state index is -0.878. The van der Waals surface area contributed by atoms with Crippen LogP contribution in [0.3, 0.4) is 0 Å². The smallest absolute Gasteiger partial charge is 0.182 e. The zero-order valence-electron chi connectivity index (χ0n) is 9.75. The fourth-order valence-corrected chi connectivity index (χ4v) is 2.64. The van der Waals surface area contributed by atoms with Crippen molar-refractivity contribution >= 4 is 34.9 Å². The van der Waals surface area contributed by atoms with Crippen molar-refractivity contribution in [2.45, 2.75) is 0 Å². The molecule has 3 aromatic rings. The van der Waals surface area contributed by atoms with E-state index in [1.54, 1.807) is 6.07 Å². The van der Waals surface area contributed by atoms with E-state index in [9.17, 15) is 13.2 Å². The molecule has 3 rings (SSSR count). The molecule has 0 unspecified atom stereocenters. The molecule has 102 valence electrons. The van der Waals surface area contributed by atoms with Gasteiger partial charge in [0.1, 0.15) is 22.8 Å². The van der Waals surface area contributed by atoms with Crippen molar-refractivity contribution in [3.63, 3.8) is 0 Å². The molecule has 1 N–H and O–H groups in total. The van der Waals surface area contributed by atoms with Crippen LogP contribution in [-0.4, -0.2) is 9.55 Å². The molecule has 1 heterocycles. The second-order valence-electron chi connectivity index (χ2n) is 4.12. The predicted octanol–water partition coefficient (Wildman–Crippen LogP) is 4.76. The second kappa shape index (κ2) is 4.64. The van der Waals surface area contributed by atoms with Gasteiger partial charge in [-0.2, -0.15) is 0 Å². The molecule has 2 aromatic carbocycles. The summed E-state index contributed by atoms with van der Waals surface area (Å²) in [6, 6.07) is 5.94. The normalized spacial score (nSPS) is 11.2. The Labute approximate surface area is 121 Å². The van der Waals surface area contributed by atoms with E-state index >= 15 is 0 Å². The zero-order valence-corrected chi connectivity index (χ0v) is 11.3. The first-order chi connectivity index (χ1) is 9.49. The van der Waals surface area contributed by atoms with Crippen LogP contribution in [0.15, 0.2) is 30.3 Å². The van der Waals surface area contributed by atoms with Crippen molar-refractivity contribution in [2.24, 2.45) is 0 Å². The van der Waals surface area contributed by atoms with Crippen LogP contribution in [0, 0.1) is 22.2 Å². The van der Waals surface area contributed by atoms with E-state index in [0.717, 1.165) is 6.07 Å². The molecule has 2 nitrogen and oxygen atoms in total. The van der Waals surface area contributed by atoms with Crippen LogP contribution in [0.5, 0.6) is 0 Å². The van der Waals surface area contributed by atoms with Gasteiger partial charge in [-0.25, -0.2) is 13.2 Å². The number of benzene rings is 2. The molecule has 0 bridgehead atoms. The van der Waals surface area contributed by atoms with Crippen LogP contribution in [-0.2, 0) is 0 Å². The zero-order chi connectivity index (χ0) is 14.4. The lowest BCUT2D eigenvalue weighted by molar-refractivity contribution is 0.578. The number of fused-ring (bicyclic) bond motifs is 1. The fourth-order valence-electron chi connectivity index (χ4n) is 2.07. The van der Waals surface area contributed by atoms with Gasteiger partial charge in [-0.05, 0) is 30.4 Å². The molecule has 0 aliphatic carbocycles.